The fourth-order valence-electron chi connectivity index (χ4n) is 3.39. The number of ketones is 1. The number of benzene rings is 1. The molecule has 0 aliphatic carbocycles. The van der Waals surface area contributed by atoms with Gasteiger partial charge in [-0.1, -0.05) is 32.7 Å². The molecule has 10 heteroatoms. The Morgan fingerprint density at radius 2 is 1.97 bits per heavy atom. The maximum Gasteiger partial charge on any atom is 0.302 e. The molecule has 1 amide bonds. The van der Waals surface area contributed by atoms with Gasteiger partial charge in [0.05, 0.1) is 5.69 Å². The van der Waals surface area contributed by atoms with Crippen molar-refractivity contribution >= 4 is 60.7 Å². The molecule has 1 aromatic carbocycles. The number of aromatic nitrogens is 3. The number of nitrogens with two attached hydrogens (primary N) is 1. The van der Waals surface area contributed by atoms with E-state index in [4.69, 9.17) is 10.3 Å². The normalized spacial score (nSPS) is 11.1. The maximum atomic E-state index is 12.8. The van der Waals surface area contributed by atoms with E-state index in [2.05, 4.69) is 31.5 Å². The molecule has 3 aromatic heterocycles. The molecule has 158 valence electrons. The SMILES string of the molecule is Cc1nc2sc(C(=O)Nc3c[n+](C)no3)c(N)c2c(C)c1CC(=O)c1ccc(Br)cc1. The first-order valence-corrected chi connectivity index (χ1v) is 11.0. The summed E-state index contributed by atoms with van der Waals surface area (Å²) >= 11 is 4.58. The fraction of sp³-hybridized carbons (Fsp3) is 0.190. The summed E-state index contributed by atoms with van der Waals surface area (Å²) in [6, 6.07) is 7.25. The van der Waals surface area contributed by atoms with Gasteiger partial charge >= 0.3 is 5.88 Å². The van der Waals surface area contributed by atoms with Crippen molar-refractivity contribution in [2.75, 3.05) is 11.1 Å². The summed E-state index contributed by atoms with van der Waals surface area (Å²) in [5.74, 6) is -0.197. The number of nitrogens with one attached hydrogen (secondary N) is 1. The molecule has 0 radical (unpaired) electrons. The molecule has 4 rings (SSSR count). The Morgan fingerprint density at radius 1 is 1.26 bits per heavy atom. The smallest absolute Gasteiger partial charge is 0.302 e. The van der Waals surface area contributed by atoms with E-state index in [1.165, 1.54) is 16.0 Å². The molecule has 0 bridgehead atoms. The number of nitrogens with zero attached hydrogens (tertiary/aromatic N) is 3. The zero-order valence-electron chi connectivity index (χ0n) is 17.0. The average molecular weight is 501 g/mol. The van der Waals surface area contributed by atoms with Crippen LogP contribution in [0.1, 0.15) is 36.9 Å². The molecule has 0 unspecified atom stereocenters. The summed E-state index contributed by atoms with van der Waals surface area (Å²) in [6.07, 6.45) is 1.74. The molecule has 0 spiro atoms. The number of carbonyl (C=O) groups is 2. The van der Waals surface area contributed by atoms with E-state index in [-0.39, 0.29) is 18.1 Å². The third-order valence-electron chi connectivity index (χ3n) is 4.98. The van der Waals surface area contributed by atoms with Crippen LogP contribution in [0.4, 0.5) is 11.6 Å². The molecule has 0 saturated heterocycles. The second-order valence-electron chi connectivity index (χ2n) is 7.13. The minimum Gasteiger partial charge on any atom is -0.397 e. The first-order valence-electron chi connectivity index (χ1n) is 9.35. The summed E-state index contributed by atoms with van der Waals surface area (Å²) in [6.45, 7) is 3.77. The number of nitrogen functional groups attached to an aromatic ring is 1. The maximum absolute atomic E-state index is 12.8. The number of hydrogen-bond acceptors (Lipinski definition) is 7. The third kappa shape index (κ3) is 4.08. The summed E-state index contributed by atoms with van der Waals surface area (Å²) < 4.78 is 7.36. The van der Waals surface area contributed by atoms with Gasteiger partial charge in [-0.25, -0.2) is 4.98 Å². The molecule has 0 aliphatic heterocycles. The lowest BCUT2D eigenvalue weighted by molar-refractivity contribution is -0.739. The molecule has 0 atom stereocenters. The summed E-state index contributed by atoms with van der Waals surface area (Å²) in [4.78, 5) is 31.2. The van der Waals surface area contributed by atoms with Crippen LogP contribution in [0, 0.1) is 13.8 Å². The second-order valence-corrected chi connectivity index (χ2v) is 9.04. The van der Waals surface area contributed by atoms with E-state index in [1.54, 1.807) is 25.4 Å². The van der Waals surface area contributed by atoms with E-state index in [0.717, 1.165) is 21.3 Å². The highest BCUT2D eigenvalue weighted by atomic mass is 79.9. The number of hydrogen-bond donors (Lipinski definition) is 2. The van der Waals surface area contributed by atoms with Crippen molar-refractivity contribution in [1.82, 2.24) is 10.3 Å². The van der Waals surface area contributed by atoms with E-state index < -0.39 is 5.91 Å². The Bertz CT molecular complexity index is 1330. The first-order chi connectivity index (χ1) is 14.7. The van der Waals surface area contributed by atoms with Gasteiger partial charge in [0.1, 0.15) is 9.71 Å². The van der Waals surface area contributed by atoms with E-state index >= 15 is 0 Å². The lowest BCUT2D eigenvalue weighted by Gasteiger charge is -2.11. The molecule has 4 aromatic rings. The summed E-state index contributed by atoms with van der Waals surface area (Å²) in [5.41, 5.74) is 9.72. The van der Waals surface area contributed by atoms with Crippen LogP contribution in [-0.2, 0) is 13.5 Å². The van der Waals surface area contributed by atoms with Crippen molar-refractivity contribution in [1.29, 1.82) is 0 Å². The van der Waals surface area contributed by atoms with Crippen molar-refractivity contribution in [3.63, 3.8) is 0 Å². The monoisotopic (exact) mass is 500 g/mol. The van der Waals surface area contributed by atoms with Crippen molar-refractivity contribution in [3.05, 3.63) is 62.2 Å². The Morgan fingerprint density at radius 3 is 2.61 bits per heavy atom. The summed E-state index contributed by atoms with van der Waals surface area (Å²) in [5, 5.41) is 7.02. The zero-order valence-corrected chi connectivity index (χ0v) is 19.4. The summed E-state index contributed by atoms with van der Waals surface area (Å²) in [7, 11) is 1.68. The van der Waals surface area contributed by atoms with Gasteiger partial charge in [-0.15, -0.1) is 11.3 Å². The number of anilines is 2. The largest absolute Gasteiger partial charge is 0.397 e. The van der Waals surface area contributed by atoms with Crippen molar-refractivity contribution in [3.8, 4) is 0 Å². The van der Waals surface area contributed by atoms with Crippen LogP contribution < -0.4 is 15.7 Å². The molecular weight excluding hydrogens is 482 g/mol. The Labute approximate surface area is 190 Å². The number of carbonyl (C=O) groups excluding carboxylic acids is 2. The third-order valence-corrected chi connectivity index (χ3v) is 6.61. The van der Waals surface area contributed by atoms with Crippen molar-refractivity contribution in [2.45, 2.75) is 20.3 Å². The zero-order chi connectivity index (χ0) is 22.3. The molecule has 0 fully saturated rings. The molecule has 0 saturated carbocycles. The van der Waals surface area contributed by atoms with Gasteiger partial charge in [-0.3, -0.25) is 19.4 Å². The van der Waals surface area contributed by atoms with Gasteiger partial charge < -0.3 is 5.73 Å². The lowest BCUT2D eigenvalue weighted by Crippen LogP contribution is -2.28. The van der Waals surface area contributed by atoms with Crippen molar-refractivity contribution in [2.24, 2.45) is 7.05 Å². The highest BCUT2D eigenvalue weighted by Crippen LogP contribution is 2.37. The number of aryl methyl sites for hydroxylation is 3. The number of Topliss-reactive ketones (excluding diaryl/α,β-unsaturated/α-hetero) is 1. The van der Waals surface area contributed by atoms with E-state index in [0.29, 0.717) is 26.3 Å². The molecule has 3 N–H and O–H groups in total. The van der Waals surface area contributed by atoms with Gasteiger partial charge in [0.2, 0.25) is 0 Å². The van der Waals surface area contributed by atoms with Crippen LogP contribution in [0.5, 0.6) is 0 Å². The van der Waals surface area contributed by atoms with Crippen LogP contribution in [0.3, 0.4) is 0 Å². The predicted octanol–water partition coefficient (Wildman–Crippen LogP) is 3.75. The topological polar surface area (TPSA) is 115 Å². The number of thiophene rings is 1. The Hall–Kier alpha value is -3.11. The minimum atomic E-state index is -0.401. The molecule has 31 heavy (non-hydrogen) atoms. The van der Waals surface area contributed by atoms with E-state index in [1.807, 2.05) is 26.0 Å². The highest BCUT2D eigenvalue weighted by molar-refractivity contribution is 9.10. The number of fused-ring (bicyclic) bond motifs is 1. The van der Waals surface area contributed by atoms with E-state index in [9.17, 15) is 9.59 Å². The second kappa shape index (κ2) is 8.20. The lowest BCUT2D eigenvalue weighted by atomic mass is 9.96. The highest BCUT2D eigenvalue weighted by Gasteiger charge is 2.23. The first kappa shape index (κ1) is 21.1. The quantitative estimate of drug-likeness (QED) is 0.318. The molecular formula is C21H19BrN5O3S+. The molecule has 0 aliphatic rings. The van der Waals surface area contributed by atoms with Crippen LogP contribution in [0.2, 0.25) is 0 Å². The number of amides is 1. The Kier molecular flexibility index (Phi) is 5.59. The van der Waals surface area contributed by atoms with Crippen LogP contribution >= 0.6 is 27.3 Å². The predicted molar refractivity (Wildman–Crippen MR) is 121 cm³/mol. The average Bonchev–Trinajstić information content (AvgIpc) is 3.28. The standard InChI is InChI=1S/C21H18BrN5O3S/c1-10-14(8-15(28)12-4-6-13(22)7-5-12)11(2)24-21-17(10)18(23)19(31-21)20(29)25-16-9-27(3)26-30-16/h4-7,9H,8H2,1-3H3,(H2-,23,25,26,29)/p+1. The van der Waals surface area contributed by atoms with Gasteiger partial charge in [0.25, 0.3) is 12.1 Å². The molecule has 8 nitrogen and oxygen atoms in total. The Balaban J connectivity index is 1.69. The van der Waals surface area contributed by atoms with Crippen LogP contribution in [0.25, 0.3) is 10.2 Å². The molecule has 3 heterocycles. The van der Waals surface area contributed by atoms with Crippen molar-refractivity contribution < 1.29 is 18.8 Å². The van der Waals surface area contributed by atoms with Crippen LogP contribution in [0.15, 0.2) is 39.5 Å². The number of halogens is 1. The van der Waals surface area contributed by atoms with Gasteiger partial charge in [-0.05, 0) is 37.1 Å². The van der Waals surface area contributed by atoms with Crippen LogP contribution in [-0.4, -0.2) is 21.9 Å². The number of pyridine rings is 1. The van der Waals surface area contributed by atoms with Gasteiger partial charge in [0.15, 0.2) is 18.1 Å². The minimum absolute atomic E-state index is 0.00944. The fourth-order valence-corrected chi connectivity index (χ4v) is 4.75. The number of rotatable bonds is 5. The van der Waals surface area contributed by atoms with Gasteiger partial charge in [-0.2, -0.15) is 0 Å². The van der Waals surface area contributed by atoms with Gasteiger partial charge in [0, 0.05) is 27.5 Å².